The minimum absolute atomic E-state index is 0.398. The van der Waals surface area contributed by atoms with E-state index in [4.69, 9.17) is 5.10 Å². The van der Waals surface area contributed by atoms with E-state index in [9.17, 15) is 0 Å². The lowest BCUT2D eigenvalue weighted by molar-refractivity contribution is 0.529. The topological polar surface area (TPSA) is 29.9 Å². The average molecular weight is 255 g/mol. The maximum Gasteiger partial charge on any atom is 0.0720 e. The van der Waals surface area contributed by atoms with Crippen LogP contribution in [0.2, 0.25) is 0 Å². The molecule has 1 aromatic heterocycles. The fourth-order valence-corrected chi connectivity index (χ4v) is 2.80. The molecule has 1 N–H and O–H groups in total. The molecule has 1 aliphatic rings. The van der Waals surface area contributed by atoms with Crippen LogP contribution in [-0.4, -0.2) is 22.9 Å². The summed E-state index contributed by atoms with van der Waals surface area (Å²) in [5.74, 6) is 0. The zero-order chi connectivity index (χ0) is 13.2. The lowest BCUT2D eigenvalue weighted by Gasteiger charge is -2.13. The lowest BCUT2D eigenvalue weighted by atomic mass is 10.0. The number of nitrogens with one attached hydrogen (secondary N) is 1. The number of aromatic nitrogens is 2. The summed E-state index contributed by atoms with van der Waals surface area (Å²) in [6, 6.07) is 11.1. The van der Waals surface area contributed by atoms with Gasteiger partial charge < -0.3 is 5.32 Å². The van der Waals surface area contributed by atoms with Gasteiger partial charge in [0.2, 0.25) is 0 Å². The molecule has 3 nitrogen and oxygen atoms in total. The molecule has 3 rings (SSSR count). The molecule has 0 saturated carbocycles. The summed E-state index contributed by atoms with van der Waals surface area (Å²) < 4.78 is 2.20. The van der Waals surface area contributed by atoms with Gasteiger partial charge in [-0.25, -0.2) is 0 Å². The standard InChI is InChI=1S/C16H21N3/c1-12(2)19-16(13-6-4-3-5-7-13)14-8-10-17-11-9-15(14)18-19/h3-7,12,17H,8-11H2,1-2H3. The summed E-state index contributed by atoms with van der Waals surface area (Å²) in [6.45, 7) is 6.50. The van der Waals surface area contributed by atoms with E-state index in [2.05, 4.69) is 54.2 Å². The first-order chi connectivity index (χ1) is 9.27. The van der Waals surface area contributed by atoms with Crippen LogP contribution in [0.1, 0.15) is 31.1 Å². The smallest absolute Gasteiger partial charge is 0.0720 e. The Balaban J connectivity index is 2.17. The first-order valence-electron chi connectivity index (χ1n) is 7.14. The average Bonchev–Trinajstić information content (AvgIpc) is 2.64. The molecule has 1 aromatic carbocycles. The second kappa shape index (κ2) is 5.17. The van der Waals surface area contributed by atoms with Crippen LogP contribution < -0.4 is 5.32 Å². The van der Waals surface area contributed by atoms with Gasteiger partial charge in [0.05, 0.1) is 11.4 Å². The second-order valence-electron chi connectivity index (χ2n) is 5.43. The molecule has 2 aromatic rings. The Morgan fingerprint density at radius 3 is 2.58 bits per heavy atom. The van der Waals surface area contributed by atoms with Gasteiger partial charge in [-0.2, -0.15) is 5.10 Å². The van der Waals surface area contributed by atoms with Crippen molar-refractivity contribution in [3.8, 4) is 11.3 Å². The van der Waals surface area contributed by atoms with Crippen molar-refractivity contribution in [2.75, 3.05) is 13.1 Å². The van der Waals surface area contributed by atoms with E-state index in [1.807, 2.05) is 0 Å². The summed E-state index contributed by atoms with van der Waals surface area (Å²) in [5.41, 5.74) is 5.31. The Labute approximate surface area is 114 Å². The van der Waals surface area contributed by atoms with Crippen molar-refractivity contribution in [1.82, 2.24) is 15.1 Å². The quantitative estimate of drug-likeness (QED) is 0.894. The van der Waals surface area contributed by atoms with Crippen LogP contribution in [0.3, 0.4) is 0 Å². The van der Waals surface area contributed by atoms with E-state index in [0.29, 0.717) is 6.04 Å². The van der Waals surface area contributed by atoms with Crippen molar-refractivity contribution >= 4 is 0 Å². The molecule has 0 amide bonds. The van der Waals surface area contributed by atoms with Gasteiger partial charge in [0.1, 0.15) is 0 Å². The summed E-state index contributed by atoms with van der Waals surface area (Å²) in [4.78, 5) is 0. The van der Waals surface area contributed by atoms with Gasteiger partial charge in [-0.15, -0.1) is 0 Å². The van der Waals surface area contributed by atoms with Crippen LogP contribution in [0.15, 0.2) is 30.3 Å². The van der Waals surface area contributed by atoms with Crippen molar-refractivity contribution in [2.24, 2.45) is 0 Å². The maximum atomic E-state index is 4.86. The Kier molecular flexibility index (Phi) is 3.38. The van der Waals surface area contributed by atoms with Gasteiger partial charge in [0.15, 0.2) is 0 Å². The van der Waals surface area contributed by atoms with E-state index in [1.165, 1.54) is 22.5 Å². The molecule has 0 unspecified atom stereocenters. The summed E-state index contributed by atoms with van der Waals surface area (Å²) in [7, 11) is 0. The SMILES string of the molecule is CC(C)n1nc2c(c1-c1ccccc1)CCNCC2. The van der Waals surface area contributed by atoms with E-state index >= 15 is 0 Å². The van der Waals surface area contributed by atoms with E-state index in [-0.39, 0.29) is 0 Å². The molecule has 0 spiro atoms. The maximum absolute atomic E-state index is 4.86. The minimum Gasteiger partial charge on any atom is -0.316 e. The Morgan fingerprint density at radius 1 is 1.11 bits per heavy atom. The van der Waals surface area contributed by atoms with Gasteiger partial charge >= 0.3 is 0 Å². The van der Waals surface area contributed by atoms with Crippen LogP contribution in [0.5, 0.6) is 0 Å². The number of fused-ring (bicyclic) bond motifs is 1. The fourth-order valence-electron chi connectivity index (χ4n) is 2.80. The van der Waals surface area contributed by atoms with Gasteiger partial charge in [-0.1, -0.05) is 30.3 Å². The van der Waals surface area contributed by atoms with E-state index in [1.54, 1.807) is 0 Å². The predicted molar refractivity (Wildman–Crippen MR) is 78.3 cm³/mol. The van der Waals surface area contributed by atoms with Crippen molar-refractivity contribution in [2.45, 2.75) is 32.7 Å². The van der Waals surface area contributed by atoms with Crippen molar-refractivity contribution < 1.29 is 0 Å². The predicted octanol–water partition coefficient (Wildman–Crippen LogP) is 2.82. The largest absolute Gasteiger partial charge is 0.316 e. The third-order valence-electron chi connectivity index (χ3n) is 3.72. The van der Waals surface area contributed by atoms with Gasteiger partial charge in [-0.05, 0) is 26.8 Å². The fraction of sp³-hybridized carbons (Fsp3) is 0.438. The molecule has 0 aliphatic carbocycles. The molecule has 0 saturated heterocycles. The molecule has 0 bridgehead atoms. The Hall–Kier alpha value is -1.61. The third-order valence-corrected chi connectivity index (χ3v) is 3.72. The molecule has 100 valence electrons. The van der Waals surface area contributed by atoms with Crippen molar-refractivity contribution in [3.63, 3.8) is 0 Å². The first kappa shape index (κ1) is 12.4. The molecule has 0 radical (unpaired) electrons. The van der Waals surface area contributed by atoms with Crippen LogP contribution in [0.4, 0.5) is 0 Å². The van der Waals surface area contributed by atoms with Crippen LogP contribution in [0, 0.1) is 0 Å². The zero-order valence-corrected chi connectivity index (χ0v) is 11.7. The highest BCUT2D eigenvalue weighted by Gasteiger charge is 2.21. The van der Waals surface area contributed by atoms with Gasteiger partial charge in [-0.3, -0.25) is 4.68 Å². The molecule has 1 aliphatic heterocycles. The minimum atomic E-state index is 0.398. The molecule has 2 heterocycles. The number of hydrogen-bond donors (Lipinski definition) is 1. The number of hydrogen-bond acceptors (Lipinski definition) is 2. The highest BCUT2D eigenvalue weighted by atomic mass is 15.3. The number of nitrogens with zero attached hydrogens (tertiary/aromatic N) is 2. The third kappa shape index (κ3) is 2.30. The summed E-state index contributed by atoms with van der Waals surface area (Å²) in [5, 5.41) is 8.32. The second-order valence-corrected chi connectivity index (χ2v) is 5.43. The summed E-state index contributed by atoms with van der Waals surface area (Å²) in [6.07, 6.45) is 2.11. The monoisotopic (exact) mass is 255 g/mol. The highest BCUT2D eigenvalue weighted by molar-refractivity contribution is 5.65. The molecule has 19 heavy (non-hydrogen) atoms. The van der Waals surface area contributed by atoms with Gasteiger partial charge in [0.25, 0.3) is 0 Å². The first-order valence-corrected chi connectivity index (χ1v) is 7.14. The normalized spacial score (nSPS) is 15.3. The Morgan fingerprint density at radius 2 is 1.84 bits per heavy atom. The van der Waals surface area contributed by atoms with E-state index in [0.717, 1.165) is 25.9 Å². The number of benzene rings is 1. The van der Waals surface area contributed by atoms with Crippen LogP contribution in [-0.2, 0) is 12.8 Å². The molecule has 3 heteroatoms. The summed E-state index contributed by atoms with van der Waals surface area (Å²) >= 11 is 0. The van der Waals surface area contributed by atoms with Crippen molar-refractivity contribution in [1.29, 1.82) is 0 Å². The van der Waals surface area contributed by atoms with E-state index < -0.39 is 0 Å². The van der Waals surface area contributed by atoms with Crippen LogP contribution in [0.25, 0.3) is 11.3 Å². The molecular weight excluding hydrogens is 234 g/mol. The van der Waals surface area contributed by atoms with Gasteiger partial charge in [0, 0.05) is 30.1 Å². The zero-order valence-electron chi connectivity index (χ0n) is 11.7. The molecular formula is C16H21N3. The molecule has 0 fully saturated rings. The Bertz CT molecular complexity index is 555. The van der Waals surface area contributed by atoms with Crippen LogP contribution >= 0.6 is 0 Å². The number of rotatable bonds is 2. The van der Waals surface area contributed by atoms with Crippen molar-refractivity contribution in [3.05, 3.63) is 41.6 Å². The molecule has 0 atom stereocenters. The lowest BCUT2D eigenvalue weighted by Crippen LogP contribution is -2.17. The highest BCUT2D eigenvalue weighted by Crippen LogP contribution is 2.30.